The first-order valence-electron chi connectivity index (χ1n) is 9.58. The van der Waals surface area contributed by atoms with Gasteiger partial charge in [-0.3, -0.25) is 13.9 Å². The Morgan fingerprint density at radius 1 is 1.13 bits per heavy atom. The number of likely N-dealkylation sites (tertiary alicyclic amines) is 1. The maximum atomic E-state index is 12.4. The smallest absolute Gasteiger partial charge is 0.241 e. The Balaban J connectivity index is 1.58. The Kier molecular flexibility index (Phi) is 6.99. The first-order chi connectivity index (χ1) is 14.2. The van der Waals surface area contributed by atoms with E-state index in [1.165, 1.54) is 0 Å². The summed E-state index contributed by atoms with van der Waals surface area (Å²) in [6.07, 6.45) is 2.55. The van der Waals surface area contributed by atoms with Crippen LogP contribution in [0.2, 0.25) is 5.02 Å². The Labute approximate surface area is 181 Å². The van der Waals surface area contributed by atoms with Gasteiger partial charge in [0.15, 0.2) is 0 Å². The second kappa shape index (κ2) is 9.49. The molecule has 0 aromatic heterocycles. The molecule has 1 fully saturated rings. The zero-order chi connectivity index (χ0) is 21.7. The van der Waals surface area contributed by atoms with Gasteiger partial charge in [0, 0.05) is 26.1 Å². The number of benzene rings is 2. The van der Waals surface area contributed by atoms with Crippen molar-refractivity contribution >= 4 is 39.1 Å². The van der Waals surface area contributed by atoms with Crippen molar-refractivity contribution in [1.29, 1.82) is 0 Å². The third kappa shape index (κ3) is 5.73. The zero-order valence-electron chi connectivity index (χ0n) is 16.7. The topological polar surface area (TPSA) is 86.8 Å². The van der Waals surface area contributed by atoms with E-state index in [1.54, 1.807) is 24.3 Å². The number of rotatable bonds is 8. The summed E-state index contributed by atoms with van der Waals surface area (Å²) < 4.78 is 25.3. The van der Waals surface area contributed by atoms with E-state index in [-0.39, 0.29) is 29.7 Å². The Morgan fingerprint density at radius 2 is 1.80 bits per heavy atom. The van der Waals surface area contributed by atoms with E-state index in [2.05, 4.69) is 5.32 Å². The highest BCUT2D eigenvalue weighted by atomic mass is 35.5. The van der Waals surface area contributed by atoms with Crippen molar-refractivity contribution in [2.75, 3.05) is 23.7 Å². The molecule has 1 aliphatic rings. The van der Waals surface area contributed by atoms with E-state index in [1.807, 2.05) is 29.2 Å². The van der Waals surface area contributed by atoms with Crippen LogP contribution in [0.3, 0.4) is 0 Å². The second-order valence-corrected chi connectivity index (χ2v) is 9.55. The van der Waals surface area contributed by atoms with E-state index in [9.17, 15) is 18.0 Å². The normalized spacial score (nSPS) is 14.1. The van der Waals surface area contributed by atoms with Crippen molar-refractivity contribution in [2.24, 2.45) is 0 Å². The van der Waals surface area contributed by atoms with Crippen molar-refractivity contribution in [3.05, 3.63) is 64.7 Å². The minimum absolute atomic E-state index is 0.181. The third-order valence-corrected chi connectivity index (χ3v) is 6.31. The van der Waals surface area contributed by atoms with E-state index in [0.717, 1.165) is 34.7 Å². The second-order valence-electron chi connectivity index (χ2n) is 7.23. The van der Waals surface area contributed by atoms with Gasteiger partial charge in [0.2, 0.25) is 21.8 Å². The summed E-state index contributed by atoms with van der Waals surface area (Å²) in [5.41, 5.74) is 2.17. The van der Waals surface area contributed by atoms with Crippen molar-refractivity contribution < 1.29 is 18.0 Å². The lowest BCUT2D eigenvalue weighted by Crippen LogP contribution is -2.40. The van der Waals surface area contributed by atoms with Crippen molar-refractivity contribution in [3.8, 4) is 0 Å². The van der Waals surface area contributed by atoms with E-state index in [0.29, 0.717) is 13.0 Å². The molecule has 0 aliphatic carbocycles. The fourth-order valence-electron chi connectivity index (χ4n) is 3.28. The lowest BCUT2D eigenvalue weighted by atomic mass is 10.1. The number of sulfonamides is 1. The lowest BCUT2D eigenvalue weighted by molar-refractivity contribution is -0.128. The van der Waals surface area contributed by atoms with Crippen LogP contribution in [0.25, 0.3) is 0 Å². The third-order valence-electron chi connectivity index (χ3n) is 4.87. The number of hydrogen-bond acceptors (Lipinski definition) is 4. The molecule has 160 valence electrons. The van der Waals surface area contributed by atoms with Crippen molar-refractivity contribution in [1.82, 2.24) is 10.2 Å². The van der Waals surface area contributed by atoms with Gasteiger partial charge in [0.05, 0.1) is 17.0 Å². The predicted molar refractivity (Wildman–Crippen MR) is 117 cm³/mol. The summed E-state index contributed by atoms with van der Waals surface area (Å²) in [6.45, 7) is 1.28. The highest BCUT2D eigenvalue weighted by Crippen LogP contribution is 2.26. The molecule has 2 aromatic rings. The monoisotopic (exact) mass is 449 g/mol. The van der Waals surface area contributed by atoms with Crippen LogP contribution in [0, 0.1) is 0 Å². The maximum absolute atomic E-state index is 12.4. The largest absolute Gasteiger partial charge is 0.350 e. The first kappa shape index (κ1) is 22.1. The molecule has 0 atom stereocenters. The molecule has 1 N–H and O–H groups in total. The number of carbonyl (C=O) groups is 2. The van der Waals surface area contributed by atoms with Gasteiger partial charge in [0.1, 0.15) is 6.54 Å². The number of hydrogen-bond donors (Lipinski definition) is 1. The van der Waals surface area contributed by atoms with Crippen LogP contribution in [0.1, 0.15) is 24.0 Å². The number of nitrogens with zero attached hydrogens (tertiary/aromatic N) is 2. The van der Waals surface area contributed by atoms with Crippen LogP contribution < -0.4 is 9.62 Å². The summed E-state index contributed by atoms with van der Waals surface area (Å²) in [6, 6.07) is 14.1. The average Bonchev–Trinajstić information content (AvgIpc) is 3.10. The number of carbonyl (C=O) groups excluding carboxylic acids is 2. The van der Waals surface area contributed by atoms with Crippen LogP contribution in [-0.4, -0.2) is 44.5 Å². The molecule has 2 aromatic carbocycles. The number of nitrogens with one attached hydrogen (secondary N) is 1. The van der Waals surface area contributed by atoms with Gasteiger partial charge < -0.3 is 10.2 Å². The number of anilines is 1. The number of halogens is 1. The van der Waals surface area contributed by atoms with Gasteiger partial charge in [-0.15, -0.1) is 0 Å². The standard InChI is InChI=1S/C21H24ClN3O4S/c1-30(28,29)25(19-6-3-2-5-18(19)22)15-20(26)23-13-16-8-10-17(11-9-16)14-24-12-4-7-21(24)27/h2-3,5-6,8-11H,4,7,12-15H2,1H3,(H,23,26). The lowest BCUT2D eigenvalue weighted by Gasteiger charge is -2.22. The first-order valence-corrected chi connectivity index (χ1v) is 11.8. The SMILES string of the molecule is CS(=O)(=O)N(CC(=O)NCc1ccc(CN2CCCC2=O)cc1)c1ccccc1Cl. The van der Waals surface area contributed by atoms with Crippen LogP contribution in [0.4, 0.5) is 5.69 Å². The van der Waals surface area contributed by atoms with Gasteiger partial charge in [-0.05, 0) is 29.7 Å². The summed E-state index contributed by atoms with van der Waals surface area (Å²) >= 11 is 6.10. The Morgan fingerprint density at radius 3 is 2.40 bits per heavy atom. The van der Waals surface area contributed by atoms with Gasteiger partial charge in [-0.1, -0.05) is 48.0 Å². The summed E-state index contributed by atoms with van der Waals surface area (Å²) in [5.74, 6) is -0.257. The molecule has 0 radical (unpaired) electrons. The molecule has 0 spiro atoms. The minimum atomic E-state index is -3.68. The summed E-state index contributed by atoms with van der Waals surface area (Å²) in [7, 11) is -3.68. The average molecular weight is 450 g/mol. The van der Waals surface area contributed by atoms with Crippen LogP contribution >= 0.6 is 11.6 Å². The Bertz CT molecular complexity index is 1020. The summed E-state index contributed by atoms with van der Waals surface area (Å²) in [5, 5.41) is 2.99. The molecular weight excluding hydrogens is 426 g/mol. The molecular formula is C21H24ClN3O4S. The van der Waals surface area contributed by atoms with E-state index < -0.39 is 15.9 Å². The predicted octanol–water partition coefficient (Wildman–Crippen LogP) is 2.54. The van der Waals surface area contributed by atoms with Gasteiger partial charge in [-0.25, -0.2) is 8.42 Å². The Hall–Kier alpha value is -2.58. The molecule has 0 unspecified atom stereocenters. The molecule has 2 amide bonds. The highest BCUT2D eigenvalue weighted by molar-refractivity contribution is 7.92. The molecule has 1 saturated heterocycles. The fraction of sp³-hybridized carbons (Fsp3) is 0.333. The van der Waals surface area contributed by atoms with Crippen LogP contribution in [0.15, 0.2) is 48.5 Å². The van der Waals surface area contributed by atoms with Gasteiger partial charge in [0.25, 0.3) is 0 Å². The molecule has 0 bridgehead atoms. The minimum Gasteiger partial charge on any atom is -0.350 e. The molecule has 7 nitrogen and oxygen atoms in total. The zero-order valence-corrected chi connectivity index (χ0v) is 18.2. The molecule has 30 heavy (non-hydrogen) atoms. The maximum Gasteiger partial charge on any atom is 0.241 e. The highest BCUT2D eigenvalue weighted by Gasteiger charge is 2.23. The molecule has 1 aliphatic heterocycles. The quantitative estimate of drug-likeness (QED) is 0.671. The van der Waals surface area contributed by atoms with Gasteiger partial charge >= 0.3 is 0 Å². The molecule has 3 rings (SSSR count). The number of para-hydroxylation sites is 1. The van der Waals surface area contributed by atoms with E-state index >= 15 is 0 Å². The number of amides is 2. The van der Waals surface area contributed by atoms with E-state index in [4.69, 9.17) is 11.6 Å². The summed E-state index contributed by atoms with van der Waals surface area (Å²) in [4.78, 5) is 26.0. The van der Waals surface area contributed by atoms with Crippen molar-refractivity contribution in [2.45, 2.75) is 25.9 Å². The molecule has 0 saturated carbocycles. The fourth-order valence-corrected chi connectivity index (χ4v) is 4.43. The van der Waals surface area contributed by atoms with Crippen molar-refractivity contribution in [3.63, 3.8) is 0 Å². The van der Waals surface area contributed by atoms with Crippen LogP contribution in [-0.2, 0) is 32.7 Å². The molecule has 1 heterocycles. The van der Waals surface area contributed by atoms with Gasteiger partial charge in [-0.2, -0.15) is 0 Å². The van der Waals surface area contributed by atoms with Crippen LogP contribution in [0.5, 0.6) is 0 Å². The molecule has 9 heteroatoms.